The van der Waals surface area contributed by atoms with Gasteiger partial charge in [0.25, 0.3) is 0 Å². The highest BCUT2D eigenvalue weighted by atomic mass is 16.5. The fourth-order valence-corrected chi connectivity index (χ4v) is 1.87. The Bertz CT molecular complexity index is 489. The van der Waals surface area contributed by atoms with E-state index in [9.17, 15) is 4.79 Å². The summed E-state index contributed by atoms with van der Waals surface area (Å²) < 4.78 is 4.74. The second kappa shape index (κ2) is 8.76. The summed E-state index contributed by atoms with van der Waals surface area (Å²) in [6.07, 6.45) is 2.95. The van der Waals surface area contributed by atoms with E-state index in [0.29, 0.717) is 31.5 Å². The Kier molecular flexibility index (Phi) is 6.91. The molecule has 0 saturated heterocycles. The zero-order valence-corrected chi connectivity index (χ0v) is 12.0. The Morgan fingerprint density at radius 2 is 2.10 bits per heavy atom. The third kappa shape index (κ3) is 4.77. The molecule has 0 N–H and O–H groups in total. The van der Waals surface area contributed by atoms with Crippen LogP contribution in [0, 0.1) is 11.3 Å². The number of esters is 1. The molecule has 0 amide bonds. The Labute approximate surface area is 120 Å². The van der Waals surface area contributed by atoms with E-state index in [1.54, 1.807) is 0 Å². The Balaban J connectivity index is 2.83. The molecule has 0 heterocycles. The molecule has 0 atom stereocenters. The lowest BCUT2D eigenvalue weighted by Gasteiger charge is -2.22. The van der Waals surface area contributed by atoms with Crippen LogP contribution >= 0.6 is 0 Å². The lowest BCUT2D eigenvalue weighted by Crippen LogP contribution is -2.25. The van der Waals surface area contributed by atoms with Crippen molar-refractivity contribution in [3.05, 3.63) is 42.0 Å². The number of hydrogen-bond acceptors (Lipinski definition) is 4. The molecule has 1 rings (SSSR count). The molecule has 0 saturated carbocycles. The van der Waals surface area contributed by atoms with Gasteiger partial charge in [-0.1, -0.05) is 31.2 Å². The fourth-order valence-electron chi connectivity index (χ4n) is 1.87. The van der Waals surface area contributed by atoms with Crippen molar-refractivity contribution in [1.82, 2.24) is 0 Å². The summed E-state index contributed by atoms with van der Waals surface area (Å²) in [4.78, 5) is 13.6. The van der Waals surface area contributed by atoms with Crippen LogP contribution in [0.2, 0.25) is 0 Å². The molecule has 4 nitrogen and oxygen atoms in total. The Morgan fingerprint density at radius 3 is 2.65 bits per heavy atom. The maximum Gasteiger partial charge on any atom is 0.333 e. The van der Waals surface area contributed by atoms with Crippen LogP contribution in [0.5, 0.6) is 0 Å². The van der Waals surface area contributed by atoms with Crippen molar-refractivity contribution in [3.8, 4) is 6.07 Å². The van der Waals surface area contributed by atoms with E-state index in [1.165, 1.54) is 7.11 Å². The van der Waals surface area contributed by atoms with Gasteiger partial charge in [0.05, 0.1) is 19.6 Å². The first-order valence-electron chi connectivity index (χ1n) is 6.67. The van der Waals surface area contributed by atoms with Crippen LogP contribution in [0.4, 0.5) is 5.69 Å². The molecule has 1 aromatic carbocycles. The number of ether oxygens (including phenoxy) is 1. The maximum atomic E-state index is 11.5. The van der Waals surface area contributed by atoms with Crippen molar-refractivity contribution in [2.75, 3.05) is 25.1 Å². The number of nitriles is 1. The molecular weight excluding hydrogens is 252 g/mol. The topological polar surface area (TPSA) is 53.3 Å². The highest BCUT2D eigenvalue weighted by molar-refractivity contribution is 5.88. The minimum absolute atomic E-state index is 0.291. The minimum atomic E-state index is -0.291. The molecule has 106 valence electrons. The number of anilines is 1. The van der Waals surface area contributed by atoms with Gasteiger partial charge in [0.1, 0.15) is 0 Å². The number of benzene rings is 1. The average molecular weight is 272 g/mol. The smallest absolute Gasteiger partial charge is 0.333 e. The van der Waals surface area contributed by atoms with Gasteiger partial charge in [-0.3, -0.25) is 0 Å². The van der Waals surface area contributed by atoms with E-state index < -0.39 is 0 Å². The van der Waals surface area contributed by atoms with Gasteiger partial charge in [-0.15, -0.1) is 0 Å². The van der Waals surface area contributed by atoms with Gasteiger partial charge < -0.3 is 9.64 Å². The number of methoxy groups -OCH3 is 1. The third-order valence-electron chi connectivity index (χ3n) is 3.00. The van der Waals surface area contributed by atoms with Gasteiger partial charge in [-0.25, -0.2) is 4.79 Å². The molecule has 1 aromatic rings. The van der Waals surface area contributed by atoms with E-state index in [2.05, 4.69) is 11.0 Å². The van der Waals surface area contributed by atoms with E-state index in [0.717, 1.165) is 5.69 Å². The van der Waals surface area contributed by atoms with Crippen molar-refractivity contribution in [3.63, 3.8) is 0 Å². The van der Waals surface area contributed by atoms with Gasteiger partial charge in [0.15, 0.2) is 0 Å². The molecule has 0 aromatic heterocycles. The molecule has 4 heteroatoms. The van der Waals surface area contributed by atoms with E-state index >= 15 is 0 Å². The standard InChI is InChI=1S/C16H20N2O2/c1-3-14(16(19)20-2)10-13-18(12-7-11-17)15-8-5-4-6-9-15/h4-6,8-10H,3,7,12-13H2,1-2H3. The molecule has 0 unspecified atom stereocenters. The van der Waals surface area contributed by atoms with Gasteiger partial charge in [-0.05, 0) is 18.6 Å². The summed E-state index contributed by atoms with van der Waals surface area (Å²) >= 11 is 0. The van der Waals surface area contributed by atoms with Crippen LogP contribution in [0.15, 0.2) is 42.0 Å². The number of nitrogens with zero attached hydrogens (tertiary/aromatic N) is 2. The zero-order valence-electron chi connectivity index (χ0n) is 12.0. The minimum Gasteiger partial charge on any atom is -0.466 e. The molecule has 0 aliphatic rings. The molecule has 0 aliphatic carbocycles. The van der Waals surface area contributed by atoms with Gasteiger partial charge in [0.2, 0.25) is 0 Å². The SMILES string of the molecule is CCC(=CCN(CCC#N)c1ccccc1)C(=O)OC. The summed E-state index contributed by atoms with van der Waals surface area (Å²) in [5.41, 5.74) is 1.70. The normalized spacial score (nSPS) is 10.8. The predicted molar refractivity (Wildman–Crippen MR) is 79.3 cm³/mol. The van der Waals surface area contributed by atoms with E-state index in [1.807, 2.05) is 43.3 Å². The van der Waals surface area contributed by atoms with Gasteiger partial charge in [-0.2, -0.15) is 5.26 Å². The van der Waals surface area contributed by atoms with E-state index in [4.69, 9.17) is 10.00 Å². The Hall–Kier alpha value is -2.28. The highest BCUT2D eigenvalue weighted by Gasteiger charge is 2.09. The first-order chi connectivity index (χ1) is 9.72. The van der Waals surface area contributed by atoms with Crippen LogP contribution in [0.1, 0.15) is 19.8 Å². The molecule has 0 bridgehead atoms. The molecule has 0 fully saturated rings. The Morgan fingerprint density at radius 1 is 1.40 bits per heavy atom. The molecule has 0 radical (unpaired) electrons. The molecular formula is C16H20N2O2. The first-order valence-corrected chi connectivity index (χ1v) is 6.67. The number of carbonyl (C=O) groups is 1. The van der Waals surface area contributed by atoms with Crippen molar-refractivity contribution >= 4 is 11.7 Å². The predicted octanol–water partition coefficient (Wildman–Crippen LogP) is 2.92. The van der Waals surface area contributed by atoms with Crippen molar-refractivity contribution < 1.29 is 9.53 Å². The molecule has 0 spiro atoms. The zero-order chi connectivity index (χ0) is 14.8. The summed E-state index contributed by atoms with van der Waals surface area (Å²) in [6, 6.07) is 12.0. The number of para-hydroxylation sites is 1. The number of carbonyl (C=O) groups excluding carboxylic acids is 1. The maximum absolute atomic E-state index is 11.5. The third-order valence-corrected chi connectivity index (χ3v) is 3.00. The van der Waals surface area contributed by atoms with Crippen LogP contribution in [0.25, 0.3) is 0 Å². The second-order valence-corrected chi connectivity index (χ2v) is 4.26. The van der Waals surface area contributed by atoms with Crippen LogP contribution in [0.3, 0.4) is 0 Å². The van der Waals surface area contributed by atoms with Crippen molar-refractivity contribution in [2.45, 2.75) is 19.8 Å². The quantitative estimate of drug-likeness (QED) is 0.565. The van der Waals surface area contributed by atoms with Crippen LogP contribution < -0.4 is 4.90 Å². The fraction of sp³-hybridized carbons (Fsp3) is 0.375. The number of rotatable bonds is 7. The lowest BCUT2D eigenvalue weighted by atomic mass is 10.2. The highest BCUT2D eigenvalue weighted by Crippen LogP contribution is 2.14. The molecule has 0 aliphatic heterocycles. The molecule has 20 heavy (non-hydrogen) atoms. The summed E-state index contributed by atoms with van der Waals surface area (Å²) in [6.45, 7) is 3.14. The summed E-state index contributed by atoms with van der Waals surface area (Å²) in [5, 5.41) is 8.75. The largest absolute Gasteiger partial charge is 0.466 e. The van der Waals surface area contributed by atoms with E-state index in [-0.39, 0.29) is 5.97 Å². The summed E-state index contributed by atoms with van der Waals surface area (Å²) in [5.74, 6) is -0.291. The summed E-state index contributed by atoms with van der Waals surface area (Å²) in [7, 11) is 1.39. The van der Waals surface area contributed by atoms with Crippen LogP contribution in [-0.4, -0.2) is 26.2 Å². The van der Waals surface area contributed by atoms with Crippen molar-refractivity contribution in [2.24, 2.45) is 0 Å². The number of hydrogen-bond donors (Lipinski definition) is 0. The van der Waals surface area contributed by atoms with Crippen LogP contribution in [-0.2, 0) is 9.53 Å². The monoisotopic (exact) mass is 272 g/mol. The van der Waals surface area contributed by atoms with Crippen molar-refractivity contribution in [1.29, 1.82) is 5.26 Å². The first kappa shape index (κ1) is 15.8. The second-order valence-electron chi connectivity index (χ2n) is 4.26. The average Bonchev–Trinajstić information content (AvgIpc) is 2.51. The van der Waals surface area contributed by atoms with Gasteiger partial charge in [0, 0.05) is 24.4 Å². The lowest BCUT2D eigenvalue weighted by molar-refractivity contribution is -0.136. The van der Waals surface area contributed by atoms with Gasteiger partial charge >= 0.3 is 5.97 Å².